The largest absolute Gasteiger partial charge is 0.297 e. The average molecular weight is 353 g/mol. The van der Waals surface area contributed by atoms with E-state index in [1.165, 1.54) is 23.9 Å². The molecule has 7 nitrogen and oxygen atoms in total. The summed E-state index contributed by atoms with van der Waals surface area (Å²) in [6, 6.07) is 12.1. The third kappa shape index (κ3) is 3.92. The van der Waals surface area contributed by atoms with E-state index in [0.717, 1.165) is 16.4 Å². The molecule has 0 saturated carbocycles. The van der Waals surface area contributed by atoms with Crippen molar-refractivity contribution in [2.75, 3.05) is 0 Å². The van der Waals surface area contributed by atoms with Crippen molar-refractivity contribution in [1.82, 2.24) is 19.7 Å². The van der Waals surface area contributed by atoms with Crippen LogP contribution in [0.1, 0.15) is 5.56 Å². The maximum Gasteiger partial charge on any atom is 0.269 e. The monoisotopic (exact) mass is 353 g/mol. The summed E-state index contributed by atoms with van der Waals surface area (Å²) >= 11 is 1.51. The van der Waals surface area contributed by atoms with Crippen LogP contribution in [0.5, 0.6) is 0 Å². The predicted molar refractivity (Wildman–Crippen MR) is 96.1 cm³/mol. The van der Waals surface area contributed by atoms with Gasteiger partial charge < -0.3 is 0 Å². The standard InChI is InChI=1S/C17H15N5O2S/c1-2-11-21-16(15-5-3-4-10-18-15)19-20-17(21)25-12-13-6-8-14(9-7-13)22(23)24/h2-10H,1,11-12H2. The zero-order valence-corrected chi connectivity index (χ0v) is 14.1. The number of pyridine rings is 1. The molecule has 0 aliphatic heterocycles. The van der Waals surface area contributed by atoms with Crippen LogP contribution in [0.4, 0.5) is 5.69 Å². The second-order valence-corrected chi connectivity index (χ2v) is 6.08. The van der Waals surface area contributed by atoms with E-state index in [1.807, 2.05) is 22.8 Å². The highest BCUT2D eigenvalue weighted by atomic mass is 32.2. The van der Waals surface area contributed by atoms with Gasteiger partial charge in [-0.3, -0.25) is 19.7 Å². The van der Waals surface area contributed by atoms with Crippen molar-refractivity contribution < 1.29 is 4.92 Å². The minimum absolute atomic E-state index is 0.0843. The van der Waals surface area contributed by atoms with E-state index in [0.29, 0.717) is 18.1 Å². The van der Waals surface area contributed by atoms with E-state index >= 15 is 0 Å². The highest BCUT2D eigenvalue weighted by Crippen LogP contribution is 2.26. The van der Waals surface area contributed by atoms with Crippen LogP contribution in [0.3, 0.4) is 0 Å². The first-order chi connectivity index (χ1) is 12.2. The van der Waals surface area contributed by atoms with Crippen molar-refractivity contribution >= 4 is 17.4 Å². The summed E-state index contributed by atoms with van der Waals surface area (Å²) in [6.07, 6.45) is 3.50. The van der Waals surface area contributed by atoms with Crippen LogP contribution in [-0.4, -0.2) is 24.7 Å². The minimum Gasteiger partial charge on any atom is -0.297 e. The Morgan fingerprint density at radius 1 is 1.20 bits per heavy atom. The number of thioether (sulfide) groups is 1. The molecule has 8 heteroatoms. The minimum atomic E-state index is -0.406. The Morgan fingerprint density at radius 3 is 2.64 bits per heavy atom. The molecule has 3 rings (SSSR count). The molecular weight excluding hydrogens is 338 g/mol. The maximum absolute atomic E-state index is 10.7. The van der Waals surface area contributed by atoms with Crippen molar-refractivity contribution in [3.63, 3.8) is 0 Å². The van der Waals surface area contributed by atoms with Gasteiger partial charge in [0.1, 0.15) is 5.69 Å². The fourth-order valence-electron chi connectivity index (χ4n) is 2.24. The van der Waals surface area contributed by atoms with Gasteiger partial charge in [-0.05, 0) is 17.7 Å². The lowest BCUT2D eigenvalue weighted by Crippen LogP contribution is -2.01. The Kier molecular flexibility index (Phi) is 5.20. The number of nitrogens with zero attached hydrogens (tertiary/aromatic N) is 5. The van der Waals surface area contributed by atoms with Crippen molar-refractivity contribution in [3.8, 4) is 11.5 Å². The lowest BCUT2D eigenvalue weighted by Gasteiger charge is -2.07. The smallest absolute Gasteiger partial charge is 0.269 e. The Bertz CT molecular complexity index is 878. The molecule has 0 fully saturated rings. The van der Waals surface area contributed by atoms with Gasteiger partial charge in [0, 0.05) is 30.6 Å². The third-order valence-electron chi connectivity index (χ3n) is 3.44. The molecule has 25 heavy (non-hydrogen) atoms. The molecule has 0 bridgehead atoms. The summed E-state index contributed by atoms with van der Waals surface area (Å²) in [6.45, 7) is 4.36. The molecule has 126 valence electrons. The molecule has 0 amide bonds. The first kappa shape index (κ1) is 16.8. The van der Waals surface area contributed by atoms with Crippen molar-refractivity contribution in [2.24, 2.45) is 0 Å². The Morgan fingerprint density at radius 2 is 2.00 bits per heavy atom. The van der Waals surface area contributed by atoms with E-state index in [-0.39, 0.29) is 5.69 Å². The predicted octanol–water partition coefficient (Wildman–Crippen LogP) is 3.73. The van der Waals surface area contributed by atoms with Crippen LogP contribution >= 0.6 is 11.8 Å². The molecule has 0 radical (unpaired) electrons. The molecule has 0 N–H and O–H groups in total. The van der Waals surface area contributed by atoms with E-state index in [9.17, 15) is 10.1 Å². The van der Waals surface area contributed by atoms with Gasteiger partial charge in [-0.15, -0.1) is 16.8 Å². The summed E-state index contributed by atoms with van der Waals surface area (Å²) in [5, 5.41) is 20.0. The lowest BCUT2D eigenvalue weighted by atomic mass is 10.2. The number of nitro benzene ring substituents is 1. The van der Waals surface area contributed by atoms with Crippen molar-refractivity contribution in [3.05, 3.63) is 77.0 Å². The summed E-state index contributed by atoms with van der Waals surface area (Å²) in [5.41, 5.74) is 1.81. The van der Waals surface area contributed by atoms with Crippen LogP contribution < -0.4 is 0 Å². The number of aromatic nitrogens is 4. The maximum atomic E-state index is 10.7. The molecule has 2 aromatic heterocycles. The molecule has 0 saturated heterocycles. The molecule has 0 unspecified atom stereocenters. The van der Waals surface area contributed by atoms with Crippen LogP contribution in [0, 0.1) is 10.1 Å². The molecule has 2 heterocycles. The normalized spacial score (nSPS) is 10.6. The van der Waals surface area contributed by atoms with E-state index < -0.39 is 4.92 Å². The van der Waals surface area contributed by atoms with Gasteiger partial charge in [-0.25, -0.2) is 0 Å². The molecule has 0 spiro atoms. The lowest BCUT2D eigenvalue weighted by molar-refractivity contribution is -0.384. The second kappa shape index (κ2) is 7.71. The van der Waals surface area contributed by atoms with Crippen molar-refractivity contribution in [1.29, 1.82) is 0 Å². The molecule has 0 aliphatic carbocycles. The Balaban J connectivity index is 1.79. The first-order valence-corrected chi connectivity index (χ1v) is 8.49. The topological polar surface area (TPSA) is 86.7 Å². The van der Waals surface area contributed by atoms with E-state index in [4.69, 9.17) is 0 Å². The Hall–Kier alpha value is -3.00. The summed E-state index contributed by atoms with van der Waals surface area (Å²) in [4.78, 5) is 14.6. The quantitative estimate of drug-likeness (QED) is 0.278. The van der Waals surface area contributed by atoms with Crippen molar-refractivity contribution in [2.45, 2.75) is 17.5 Å². The van der Waals surface area contributed by atoms with Gasteiger partial charge in [0.05, 0.1) is 4.92 Å². The van der Waals surface area contributed by atoms with Crippen LogP contribution in [-0.2, 0) is 12.3 Å². The first-order valence-electron chi connectivity index (χ1n) is 7.50. The highest BCUT2D eigenvalue weighted by Gasteiger charge is 2.14. The molecular formula is C17H15N5O2S. The summed E-state index contributed by atoms with van der Waals surface area (Å²) in [5.74, 6) is 1.32. The Labute approximate surface area is 148 Å². The number of rotatable bonds is 7. The summed E-state index contributed by atoms with van der Waals surface area (Å²) < 4.78 is 1.95. The zero-order valence-electron chi connectivity index (χ0n) is 13.3. The van der Waals surface area contributed by atoms with Gasteiger partial charge in [-0.2, -0.15) is 0 Å². The van der Waals surface area contributed by atoms with Gasteiger partial charge in [-0.1, -0.05) is 36.0 Å². The van der Waals surface area contributed by atoms with Crippen LogP contribution in [0.15, 0.2) is 66.5 Å². The number of benzene rings is 1. The SMILES string of the molecule is C=CCn1c(SCc2ccc([N+](=O)[O-])cc2)nnc1-c1ccccn1. The fraction of sp³-hybridized carbons (Fsp3) is 0.118. The molecule has 3 aromatic rings. The second-order valence-electron chi connectivity index (χ2n) is 5.13. The number of hydrogen-bond acceptors (Lipinski definition) is 6. The molecule has 1 aromatic carbocycles. The fourth-order valence-corrected chi connectivity index (χ4v) is 3.14. The van der Waals surface area contributed by atoms with Crippen LogP contribution in [0.2, 0.25) is 0 Å². The van der Waals surface area contributed by atoms with Gasteiger partial charge in [0.15, 0.2) is 11.0 Å². The number of allylic oxidation sites excluding steroid dienone is 1. The van der Waals surface area contributed by atoms with E-state index in [2.05, 4.69) is 21.8 Å². The van der Waals surface area contributed by atoms with Gasteiger partial charge >= 0.3 is 0 Å². The number of hydrogen-bond donors (Lipinski definition) is 0. The zero-order chi connectivity index (χ0) is 17.6. The number of nitro groups is 1. The highest BCUT2D eigenvalue weighted by molar-refractivity contribution is 7.98. The molecule has 0 atom stereocenters. The van der Waals surface area contributed by atoms with E-state index in [1.54, 1.807) is 24.4 Å². The average Bonchev–Trinajstić information content (AvgIpc) is 3.04. The third-order valence-corrected chi connectivity index (χ3v) is 4.48. The van der Waals surface area contributed by atoms with Crippen LogP contribution in [0.25, 0.3) is 11.5 Å². The van der Waals surface area contributed by atoms with Gasteiger partial charge in [0.2, 0.25) is 0 Å². The van der Waals surface area contributed by atoms with Gasteiger partial charge in [0.25, 0.3) is 5.69 Å². The summed E-state index contributed by atoms with van der Waals surface area (Å²) in [7, 11) is 0. The molecule has 0 aliphatic rings. The number of non-ortho nitro benzene ring substituents is 1.